The number of pyridine rings is 1. The summed E-state index contributed by atoms with van der Waals surface area (Å²) in [6.45, 7) is 20.1. The van der Waals surface area contributed by atoms with Crippen molar-refractivity contribution in [3.8, 4) is 0 Å². The van der Waals surface area contributed by atoms with Gasteiger partial charge in [-0.3, -0.25) is 25.5 Å². The van der Waals surface area contributed by atoms with Crippen molar-refractivity contribution in [2.24, 2.45) is 0 Å². The Labute approximate surface area is 211 Å². The van der Waals surface area contributed by atoms with Crippen LogP contribution in [0, 0.1) is 10.8 Å². The molecule has 0 aliphatic carbocycles. The van der Waals surface area contributed by atoms with Gasteiger partial charge in [0.1, 0.15) is 17.4 Å². The number of aromatic nitrogens is 1. The molecule has 3 N–H and O–H groups in total. The summed E-state index contributed by atoms with van der Waals surface area (Å²) in [6, 6.07) is 2.35. The summed E-state index contributed by atoms with van der Waals surface area (Å²) in [6.07, 6.45) is 9.59. The first-order valence-corrected chi connectivity index (χ1v) is 12.5. The summed E-state index contributed by atoms with van der Waals surface area (Å²) in [4.78, 5) is 21.2. The van der Waals surface area contributed by atoms with Crippen molar-refractivity contribution >= 4 is 17.6 Å². The number of nitrogens with zero attached hydrogens (tertiary/aromatic N) is 3. The molecule has 0 atom stereocenters. The number of amides is 1. The van der Waals surface area contributed by atoms with Gasteiger partial charge in [0.25, 0.3) is 5.91 Å². The highest BCUT2D eigenvalue weighted by molar-refractivity contribution is 6.08. The van der Waals surface area contributed by atoms with Gasteiger partial charge in [-0.05, 0) is 76.3 Å². The Bertz CT molecular complexity index is 1030. The van der Waals surface area contributed by atoms with Crippen molar-refractivity contribution in [2.75, 3.05) is 6.54 Å². The zero-order valence-corrected chi connectivity index (χ0v) is 22.5. The highest BCUT2D eigenvalue weighted by atomic mass is 16.1. The fourth-order valence-corrected chi connectivity index (χ4v) is 4.29. The van der Waals surface area contributed by atoms with E-state index in [1.165, 1.54) is 5.56 Å². The zero-order chi connectivity index (χ0) is 26.3. The number of rotatable bonds is 6. The van der Waals surface area contributed by atoms with Crippen LogP contribution < -0.4 is 5.32 Å². The first-order valence-electron chi connectivity index (χ1n) is 12.5. The number of hydrogen-bond donors (Lipinski definition) is 3. The van der Waals surface area contributed by atoms with E-state index >= 15 is 0 Å². The normalized spacial score (nSPS) is 17.8. The van der Waals surface area contributed by atoms with E-state index in [-0.39, 0.29) is 11.4 Å². The van der Waals surface area contributed by atoms with Gasteiger partial charge in [0.2, 0.25) is 0 Å². The molecule has 1 saturated heterocycles. The molecule has 35 heavy (non-hydrogen) atoms. The minimum absolute atomic E-state index is 0.224. The lowest BCUT2D eigenvalue weighted by Gasteiger charge is -2.33. The second-order valence-corrected chi connectivity index (χ2v) is 9.78. The van der Waals surface area contributed by atoms with Crippen LogP contribution in [0.15, 0.2) is 48.3 Å². The molecule has 0 spiro atoms. The van der Waals surface area contributed by atoms with Crippen LogP contribution in [0.3, 0.4) is 0 Å². The third-order valence-corrected chi connectivity index (χ3v) is 6.45. The van der Waals surface area contributed by atoms with Crippen molar-refractivity contribution in [3.63, 3.8) is 0 Å². The number of hydrogen-bond acceptors (Lipinski definition) is 5. The molecule has 1 aromatic rings. The maximum absolute atomic E-state index is 12.7. The molecule has 0 radical (unpaired) electrons. The van der Waals surface area contributed by atoms with Gasteiger partial charge >= 0.3 is 0 Å². The van der Waals surface area contributed by atoms with E-state index in [0.717, 1.165) is 37.1 Å². The first kappa shape index (κ1) is 28.2. The van der Waals surface area contributed by atoms with E-state index < -0.39 is 0 Å². The number of carbonyl (C=O) groups is 1. The number of nitrogens with one attached hydrogen (secondary N) is 3. The summed E-state index contributed by atoms with van der Waals surface area (Å²) in [5.41, 5.74) is 3.73. The average molecular weight is 479 g/mol. The topological polar surface area (TPSA) is 96.2 Å². The SMILES string of the molecule is C=C(/C=C\C=C(/C)C(=N)N1C(=N)CCC1(C)C)NC(=O)c1cc2c(cn1)CCN(C(C)C)C2.CC. The van der Waals surface area contributed by atoms with Gasteiger partial charge < -0.3 is 10.2 Å². The minimum Gasteiger partial charge on any atom is -0.321 e. The quantitative estimate of drug-likeness (QED) is 0.288. The fourth-order valence-electron chi connectivity index (χ4n) is 4.29. The van der Waals surface area contributed by atoms with Crippen LogP contribution in [0.4, 0.5) is 0 Å². The third kappa shape index (κ3) is 6.98. The second kappa shape index (κ2) is 12.1. The van der Waals surface area contributed by atoms with Crippen molar-refractivity contribution in [2.45, 2.75) is 85.9 Å². The molecule has 1 fully saturated rings. The molecule has 3 rings (SSSR count). The molecule has 0 unspecified atom stereocenters. The Hall–Kier alpha value is -3.06. The summed E-state index contributed by atoms with van der Waals surface area (Å²) in [7, 11) is 0. The van der Waals surface area contributed by atoms with Gasteiger partial charge in [0.05, 0.1) is 0 Å². The monoisotopic (exact) mass is 478 g/mol. The molecule has 0 saturated carbocycles. The van der Waals surface area contributed by atoms with Crippen molar-refractivity contribution < 1.29 is 4.79 Å². The molecule has 3 heterocycles. The van der Waals surface area contributed by atoms with Crippen LogP contribution in [-0.4, -0.2) is 50.5 Å². The zero-order valence-electron chi connectivity index (χ0n) is 22.5. The number of fused-ring (bicyclic) bond motifs is 1. The molecule has 7 nitrogen and oxygen atoms in total. The van der Waals surface area contributed by atoms with E-state index in [4.69, 9.17) is 10.8 Å². The summed E-state index contributed by atoms with van der Waals surface area (Å²) < 4.78 is 0. The Kier molecular flexibility index (Phi) is 9.72. The number of amidine groups is 2. The van der Waals surface area contributed by atoms with Crippen LogP contribution in [-0.2, 0) is 13.0 Å². The van der Waals surface area contributed by atoms with E-state index in [1.807, 2.05) is 33.0 Å². The number of likely N-dealkylation sites (tertiary alicyclic amines) is 1. The summed E-state index contributed by atoms with van der Waals surface area (Å²) in [5.74, 6) is 0.526. The van der Waals surface area contributed by atoms with E-state index in [1.54, 1.807) is 23.1 Å². The predicted octanol–water partition coefficient (Wildman–Crippen LogP) is 5.45. The minimum atomic E-state index is -0.283. The van der Waals surface area contributed by atoms with Crippen LogP contribution in [0.1, 0.15) is 82.9 Å². The van der Waals surface area contributed by atoms with Gasteiger partial charge in [0, 0.05) is 43.0 Å². The molecule has 2 aliphatic rings. The number of carbonyl (C=O) groups excluding carboxylic acids is 1. The molecule has 0 aromatic carbocycles. The molecule has 1 amide bonds. The van der Waals surface area contributed by atoms with E-state index in [0.29, 0.717) is 35.5 Å². The molecule has 190 valence electrons. The maximum atomic E-state index is 12.7. The first-order chi connectivity index (χ1) is 16.5. The van der Waals surface area contributed by atoms with Gasteiger partial charge in [-0.2, -0.15) is 0 Å². The average Bonchev–Trinajstić information content (AvgIpc) is 3.10. The van der Waals surface area contributed by atoms with Crippen LogP contribution in [0.25, 0.3) is 0 Å². The summed E-state index contributed by atoms with van der Waals surface area (Å²) in [5, 5.41) is 19.4. The van der Waals surface area contributed by atoms with E-state index in [2.05, 4.69) is 49.5 Å². The second-order valence-electron chi connectivity index (χ2n) is 9.78. The Morgan fingerprint density at radius 1 is 1.26 bits per heavy atom. The Morgan fingerprint density at radius 3 is 2.54 bits per heavy atom. The predicted molar refractivity (Wildman–Crippen MR) is 145 cm³/mol. The standard InChI is InChI=1S/C26H36N6O.C2H6/c1-17(2)31-13-11-20-15-29-22(14-21(20)16-31)25(33)30-19(4)9-7-8-18(3)24(28)32-23(27)10-12-26(32,5)6;1-2/h7-9,14-15,17,27-28H,4,10-13,16H2,1-3,5-6H3,(H,30,33);1-2H3/b9-7-,18-8+,27-23?,28-24?;. The molecule has 1 aromatic heterocycles. The largest absolute Gasteiger partial charge is 0.321 e. The molecule has 7 heteroatoms. The smallest absolute Gasteiger partial charge is 0.274 e. The highest BCUT2D eigenvalue weighted by Crippen LogP contribution is 2.31. The Morgan fingerprint density at radius 2 is 1.94 bits per heavy atom. The van der Waals surface area contributed by atoms with Crippen molar-refractivity contribution in [3.05, 3.63) is 65.2 Å². The molecular formula is C28H42N6O. The van der Waals surface area contributed by atoms with E-state index in [9.17, 15) is 4.79 Å². The lowest BCUT2D eigenvalue weighted by Crippen LogP contribution is -2.44. The molecule has 0 bridgehead atoms. The lowest BCUT2D eigenvalue weighted by atomic mass is 10.00. The van der Waals surface area contributed by atoms with Gasteiger partial charge in [0.15, 0.2) is 0 Å². The van der Waals surface area contributed by atoms with Gasteiger partial charge in [-0.1, -0.05) is 32.6 Å². The molecular weight excluding hydrogens is 436 g/mol. The maximum Gasteiger partial charge on any atom is 0.274 e. The van der Waals surface area contributed by atoms with Gasteiger partial charge in [-0.25, -0.2) is 0 Å². The van der Waals surface area contributed by atoms with Crippen LogP contribution >= 0.6 is 0 Å². The fraction of sp³-hybridized carbons (Fsp3) is 0.500. The highest BCUT2D eigenvalue weighted by Gasteiger charge is 2.38. The van der Waals surface area contributed by atoms with Crippen molar-refractivity contribution in [1.82, 2.24) is 20.1 Å². The van der Waals surface area contributed by atoms with Crippen LogP contribution in [0.5, 0.6) is 0 Å². The lowest BCUT2D eigenvalue weighted by molar-refractivity contribution is 0.0962. The van der Waals surface area contributed by atoms with Crippen LogP contribution in [0.2, 0.25) is 0 Å². The Balaban J connectivity index is 0.00000210. The molecule has 2 aliphatic heterocycles. The van der Waals surface area contributed by atoms with Crippen molar-refractivity contribution in [1.29, 1.82) is 10.8 Å². The number of allylic oxidation sites excluding steroid dienone is 3. The van der Waals surface area contributed by atoms with Gasteiger partial charge in [-0.15, -0.1) is 0 Å². The third-order valence-electron chi connectivity index (χ3n) is 6.45. The summed E-state index contributed by atoms with van der Waals surface area (Å²) >= 11 is 0.